The van der Waals surface area contributed by atoms with Gasteiger partial charge >= 0.3 is 0 Å². The molecule has 0 fully saturated rings. The second-order valence-corrected chi connectivity index (χ2v) is 6.21. The predicted octanol–water partition coefficient (Wildman–Crippen LogP) is 3.88. The van der Waals surface area contributed by atoms with Crippen molar-refractivity contribution in [3.8, 4) is 0 Å². The third-order valence-corrected chi connectivity index (χ3v) is 4.79. The van der Waals surface area contributed by atoms with Crippen LogP contribution in [0.25, 0.3) is 0 Å². The zero-order valence-corrected chi connectivity index (χ0v) is 13.1. The maximum Gasteiger partial charge on any atom is 0.122 e. The number of nitrogens with zero attached hydrogens (tertiary/aromatic N) is 1. The van der Waals surface area contributed by atoms with E-state index in [-0.39, 0.29) is 5.84 Å². The van der Waals surface area contributed by atoms with Gasteiger partial charge in [0.1, 0.15) is 5.84 Å². The first-order chi connectivity index (χ1) is 9.49. The van der Waals surface area contributed by atoms with Crippen LogP contribution in [0.4, 0.5) is 0 Å². The van der Waals surface area contributed by atoms with Crippen LogP contribution in [0.5, 0.6) is 0 Å². The normalized spacial score (nSPS) is 12.6. The third kappa shape index (κ3) is 3.39. The van der Waals surface area contributed by atoms with Gasteiger partial charge in [-0.2, -0.15) is 0 Å². The van der Waals surface area contributed by atoms with Crippen molar-refractivity contribution in [2.75, 3.05) is 7.05 Å². The van der Waals surface area contributed by atoms with E-state index in [9.17, 15) is 0 Å². The van der Waals surface area contributed by atoms with Crippen LogP contribution in [0.2, 0.25) is 5.02 Å². The molecular formula is C15H18ClN3S. The largest absolute Gasteiger partial charge is 0.384 e. The summed E-state index contributed by atoms with van der Waals surface area (Å²) in [5.74, 6) is 0.0405. The molecule has 20 heavy (non-hydrogen) atoms. The Kier molecular flexibility index (Phi) is 4.81. The molecule has 0 saturated heterocycles. The van der Waals surface area contributed by atoms with Gasteiger partial charge in [-0.3, -0.25) is 10.3 Å². The first-order valence-electron chi connectivity index (χ1n) is 6.35. The van der Waals surface area contributed by atoms with E-state index in [1.807, 2.05) is 12.1 Å². The lowest BCUT2D eigenvalue weighted by Gasteiger charge is -2.24. The lowest BCUT2D eigenvalue weighted by atomic mass is 10.1. The zero-order valence-electron chi connectivity index (χ0n) is 11.6. The van der Waals surface area contributed by atoms with E-state index in [1.165, 1.54) is 4.88 Å². The van der Waals surface area contributed by atoms with Crippen molar-refractivity contribution in [1.82, 2.24) is 4.90 Å². The van der Waals surface area contributed by atoms with E-state index in [1.54, 1.807) is 17.4 Å². The molecule has 2 aromatic rings. The number of rotatable bonds is 5. The highest BCUT2D eigenvalue weighted by Crippen LogP contribution is 2.26. The lowest BCUT2D eigenvalue weighted by molar-refractivity contribution is 0.256. The van der Waals surface area contributed by atoms with Crippen molar-refractivity contribution >= 4 is 28.8 Å². The minimum absolute atomic E-state index is 0.0405. The van der Waals surface area contributed by atoms with Crippen LogP contribution in [0.1, 0.15) is 29.0 Å². The maximum atomic E-state index is 7.42. The molecule has 2 rings (SSSR count). The van der Waals surface area contributed by atoms with Crippen LogP contribution < -0.4 is 5.73 Å². The number of nitrogens with one attached hydrogen (secondary N) is 1. The summed E-state index contributed by atoms with van der Waals surface area (Å²) >= 11 is 8.03. The van der Waals surface area contributed by atoms with Crippen LogP contribution in [0.3, 0.4) is 0 Å². The zero-order chi connectivity index (χ0) is 14.7. The van der Waals surface area contributed by atoms with Gasteiger partial charge in [0.15, 0.2) is 0 Å². The number of amidine groups is 1. The summed E-state index contributed by atoms with van der Waals surface area (Å²) in [6, 6.07) is 10.1. The molecule has 0 aliphatic carbocycles. The van der Waals surface area contributed by atoms with Gasteiger partial charge in [-0.1, -0.05) is 29.8 Å². The quantitative estimate of drug-likeness (QED) is 0.650. The Morgan fingerprint density at radius 1 is 1.45 bits per heavy atom. The smallest absolute Gasteiger partial charge is 0.122 e. The van der Waals surface area contributed by atoms with Crippen LogP contribution in [-0.2, 0) is 6.54 Å². The number of hydrogen-bond donors (Lipinski definition) is 2. The molecule has 0 amide bonds. The van der Waals surface area contributed by atoms with Crippen molar-refractivity contribution in [3.63, 3.8) is 0 Å². The molecule has 0 spiro atoms. The minimum Gasteiger partial charge on any atom is -0.384 e. The van der Waals surface area contributed by atoms with Gasteiger partial charge in [-0.05, 0) is 37.0 Å². The Balaban J connectivity index is 2.11. The third-order valence-electron chi connectivity index (χ3n) is 3.40. The van der Waals surface area contributed by atoms with Crippen LogP contribution in [0, 0.1) is 5.41 Å². The lowest BCUT2D eigenvalue weighted by Crippen LogP contribution is -2.21. The number of benzene rings is 1. The molecule has 3 N–H and O–H groups in total. The second kappa shape index (κ2) is 6.39. The van der Waals surface area contributed by atoms with Crippen molar-refractivity contribution in [2.24, 2.45) is 5.73 Å². The fraction of sp³-hybridized carbons (Fsp3) is 0.267. The molecule has 0 bridgehead atoms. The molecular weight excluding hydrogens is 290 g/mol. The van der Waals surface area contributed by atoms with Crippen LogP contribution >= 0.6 is 22.9 Å². The molecule has 1 unspecified atom stereocenters. The molecule has 1 atom stereocenters. The average molecular weight is 308 g/mol. The highest BCUT2D eigenvalue weighted by Gasteiger charge is 2.14. The van der Waals surface area contributed by atoms with Gasteiger partial charge in [0.2, 0.25) is 0 Å². The Morgan fingerprint density at radius 3 is 2.75 bits per heavy atom. The molecule has 0 aliphatic heterocycles. The minimum atomic E-state index is 0.0405. The number of hydrogen-bond acceptors (Lipinski definition) is 3. The van der Waals surface area contributed by atoms with Gasteiger partial charge in [0, 0.05) is 28.0 Å². The molecule has 3 nitrogen and oxygen atoms in total. The van der Waals surface area contributed by atoms with E-state index >= 15 is 0 Å². The van der Waals surface area contributed by atoms with Crippen molar-refractivity contribution in [1.29, 1.82) is 5.41 Å². The SMILES string of the molecule is CC(c1cccs1)N(C)Cc1ccc(C(=N)N)cc1Cl. The molecule has 0 radical (unpaired) electrons. The average Bonchev–Trinajstić information content (AvgIpc) is 2.93. The Morgan fingerprint density at radius 2 is 2.20 bits per heavy atom. The van der Waals surface area contributed by atoms with Gasteiger partial charge in [0.25, 0.3) is 0 Å². The van der Waals surface area contributed by atoms with E-state index in [2.05, 4.69) is 36.4 Å². The number of nitrogen functional groups attached to an aromatic ring is 1. The molecule has 0 saturated carbocycles. The fourth-order valence-electron chi connectivity index (χ4n) is 1.99. The molecule has 5 heteroatoms. The number of halogens is 1. The van der Waals surface area contributed by atoms with Crippen molar-refractivity contribution in [3.05, 3.63) is 56.7 Å². The van der Waals surface area contributed by atoms with Crippen molar-refractivity contribution in [2.45, 2.75) is 19.5 Å². The van der Waals surface area contributed by atoms with E-state index < -0.39 is 0 Å². The number of thiophene rings is 1. The second-order valence-electron chi connectivity index (χ2n) is 4.83. The number of nitrogens with two attached hydrogens (primary N) is 1. The standard InChI is InChI=1S/C15H18ClN3S/c1-10(14-4-3-7-20-14)19(2)9-12-6-5-11(15(17)18)8-13(12)16/h3-8,10H,9H2,1-2H3,(H3,17,18). The molecule has 0 aliphatic rings. The monoisotopic (exact) mass is 307 g/mol. The Bertz CT molecular complexity index is 595. The van der Waals surface area contributed by atoms with Gasteiger partial charge in [0.05, 0.1) is 0 Å². The van der Waals surface area contributed by atoms with Crippen molar-refractivity contribution < 1.29 is 0 Å². The molecule has 1 aromatic heterocycles. The highest BCUT2D eigenvalue weighted by molar-refractivity contribution is 7.10. The van der Waals surface area contributed by atoms with E-state index in [0.717, 1.165) is 12.1 Å². The van der Waals surface area contributed by atoms with E-state index in [4.69, 9.17) is 22.7 Å². The summed E-state index contributed by atoms with van der Waals surface area (Å²) in [5, 5.41) is 10.2. The first-order valence-corrected chi connectivity index (χ1v) is 7.61. The first kappa shape index (κ1) is 15.0. The topological polar surface area (TPSA) is 53.1 Å². The van der Waals surface area contributed by atoms with Gasteiger partial charge < -0.3 is 5.73 Å². The fourth-order valence-corrected chi connectivity index (χ4v) is 3.08. The summed E-state index contributed by atoms with van der Waals surface area (Å²) < 4.78 is 0. The summed E-state index contributed by atoms with van der Waals surface area (Å²) in [6.07, 6.45) is 0. The summed E-state index contributed by atoms with van der Waals surface area (Å²) in [4.78, 5) is 3.59. The van der Waals surface area contributed by atoms with Crippen LogP contribution in [0.15, 0.2) is 35.7 Å². The van der Waals surface area contributed by atoms with Gasteiger partial charge in [-0.25, -0.2) is 0 Å². The Hall–Kier alpha value is -1.36. The Labute approximate surface area is 128 Å². The van der Waals surface area contributed by atoms with Crippen LogP contribution in [-0.4, -0.2) is 17.8 Å². The van der Waals surface area contributed by atoms with E-state index in [0.29, 0.717) is 16.6 Å². The summed E-state index contributed by atoms with van der Waals surface area (Å²) in [7, 11) is 2.08. The predicted molar refractivity (Wildman–Crippen MR) is 86.7 cm³/mol. The maximum absolute atomic E-state index is 7.42. The molecule has 1 heterocycles. The molecule has 106 valence electrons. The summed E-state index contributed by atoms with van der Waals surface area (Å²) in [5.41, 5.74) is 7.17. The highest BCUT2D eigenvalue weighted by atomic mass is 35.5. The summed E-state index contributed by atoms with van der Waals surface area (Å²) in [6.45, 7) is 2.94. The molecule has 1 aromatic carbocycles. The van der Waals surface area contributed by atoms with Gasteiger partial charge in [-0.15, -0.1) is 11.3 Å².